The summed E-state index contributed by atoms with van der Waals surface area (Å²) < 4.78 is 13.2. The molecule has 0 radical (unpaired) electrons. The maximum absolute atomic E-state index is 13.2. The van der Waals surface area contributed by atoms with Gasteiger partial charge in [-0.05, 0) is 85.8 Å². The van der Waals surface area contributed by atoms with Gasteiger partial charge in [0.05, 0.1) is 0 Å². The highest BCUT2D eigenvalue weighted by molar-refractivity contribution is 6.31. The second kappa shape index (κ2) is 5.24. The van der Waals surface area contributed by atoms with Crippen LogP contribution in [0.4, 0.5) is 4.39 Å². The Morgan fingerprint density at radius 1 is 1.10 bits per heavy atom. The van der Waals surface area contributed by atoms with Crippen molar-refractivity contribution in [3.63, 3.8) is 0 Å². The van der Waals surface area contributed by atoms with E-state index >= 15 is 0 Å². The molecular weight excluding hydrogens is 285 g/mol. The molecule has 1 nitrogen and oxygen atoms in total. The molecule has 2 N–H and O–H groups in total. The number of hydrogen-bond acceptors (Lipinski definition) is 1. The van der Waals surface area contributed by atoms with Crippen molar-refractivity contribution in [3.8, 4) is 0 Å². The van der Waals surface area contributed by atoms with E-state index < -0.39 is 0 Å². The SMILES string of the molecule is NC(Cc1ccc(F)cc1Cl)C1C2CC3CC(C2)CC1C3. The van der Waals surface area contributed by atoms with Crippen molar-refractivity contribution in [1.82, 2.24) is 0 Å². The number of benzene rings is 1. The molecule has 1 aromatic rings. The lowest BCUT2D eigenvalue weighted by atomic mass is 9.50. The topological polar surface area (TPSA) is 26.0 Å². The Hall–Kier alpha value is -0.600. The quantitative estimate of drug-likeness (QED) is 0.879. The van der Waals surface area contributed by atoms with Crippen molar-refractivity contribution in [2.75, 3.05) is 0 Å². The predicted octanol–water partition coefficient (Wildman–Crippen LogP) is 4.42. The average Bonchev–Trinajstić information content (AvgIpc) is 2.40. The van der Waals surface area contributed by atoms with Gasteiger partial charge < -0.3 is 5.73 Å². The van der Waals surface area contributed by atoms with Crippen LogP contribution in [0.15, 0.2) is 18.2 Å². The highest BCUT2D eigenvalue weighted by atomic mass is 35.5. The van der Waals surface area contributed by atoms with Crippen LogP contribution in [0.3, 0.4) is 0 Å². The van der Waals surface area contributed by atoms with Crippen molar-refractivity contribution < 1.29 is 4.39 Å². The fraction of sp³-hybridized carbons (Fsp3) is 0.667. The average molecular weight is 308 g/mol. The molecule has 4 aliphatic rings. The Bertz CT molecular complexity index is 516. The molecule has 4 fully saturated rings. The van der Waals surface area contributed by atoms with Gasteiger partial charge in [0.25, 0.3) is 0 Å². The molecule has 0 heterocycles. The van der Waals surface area contributed by atoms with Crippen molar-refractivity contribution in [3.05, 3.63) is 34.6 Å². The summed E-state index contributed by atoms with van der Waals surface area (Å²) in [6, 6.07) is 4.86. The van der Waals surface area contributed by atoms with E-state index in [1.54, 1.807) is 6.07 Å². The highest BCUT2D eigenvalue weighted by Gasteiger charge is 2.49. The number of rotatable bonds is 3. The van der Waals surface area contributed by atoms with E-state index in [0.29, 0.717) is 10.9 Å². The number of hydrogen-bond donors (Lipinski definition) is 1. The Balaban J connectivity index is 1.51. The van der Waals surface area contributed by atoms with Crippen LogP contribution < -0.4 is 5.73 Å². The lowest BCUT2D eigenvalue weighted by molar-refractivity contribution is -0.0464. The smallest absolute Gasteiger partial charge is 0.124 e. The van der Waals surface area contributed by atoms with E-state index in [1.165, 1.54) is 44.2 Å². The van der Waals surface area contributed by atoms with Gasteiger partial charge in [0.1, 0.15) is 5.82 Å². The lowest BCUT2D eigenvalue weighted by Crippen LogP contribution is -2.52. The molecular formula is C18H23ClFN. The first-order valence-corrected chi connectivity index (χ1v) is 8.67. The molecule has 5 rings (SSSR count). The Morgan fingerprint density at radius 3 is 2.29 bits per heavy atom. The zero-order valence-electron chi connectivity index (χ0n) is 12.3. The first kappa shape index (κ1) is 14.0. The van der Waals surface area contributed by atoms with Crippen LogP contribution in [0.25, 0.3) is 0 Å². The summed E-state index contributed by atoms with van der Waals surface area (Å²) in [4.78, 5) is 0. The van der Waals surface area contributed by atoms with Gasteiger partial charge >= 0.3 is 0 Å². The lowest BCUT2D eigenvalue weighted by Gasteiger charge is -2.56. The fourth-order valence-corrected chi connectivity index (χ4v) is 5.99. The molecule has 4 aliphatic carbocycles. The van der Waals surface area contributed by atoms with Gasteiger partial charge in [-0.15, -0.1) is 0 Å². The first-order chi connectivity index (χ1) is 10.1. The van der Waals surface area contributed by atoms with Gasteiger partial charge in [-0.3, -0.25) is 0 Å². The third kappa shape index (κ3) is 2.51. The van der Waals surface area contributed by atoms with Crippen LogP contribution in [-0.2, 0) is 6.42 Å². The molecule has 4 bridgehead atoms. The van der Waals surface area contributed by atoms with Crippen LogP contribution in [0.5, 0.6) is 0 Å². The third-order valence-corrected chi connectivity index (χ3v) is 6.62. The minimum atomic E-state index is -0.271. The maximum atomic E-state index is 13.2. The summed E-state index contributed by atoms with van der Waals surface area (Å²) in [6.07, 6.45) is 7.82. The predicted molar refractivity (Wildman–Crippen MR) is 83.6 cm³/mol. The molecule has 0 spiro atoms. The van der Waals surface area contributed by atoms with Crippen molar-refractivity contribution in [2.45, 2.75) is 44.6 Å². The molecule has 1 atom stereocenters. The summed E-state index contributed by atoms with van der Waals surface area (Å²) in [5, 5.41) is 0.522. The van der Waals surface area contributed by atoms with E-state index in [2.05, 4.69) is 0 Å². The summed E-state index contributed by atoms with van der Waals surface area (Å²) in [7, 11) is 0. The zero-order valence-corrected chi connectivity index (χ0v) is 13.0. The van der Waals surface area contributed by atoms with Gasteiger partial charge in [-0.25, -0.2) is 4.39 Å². The molecule has 1 aromatic carbocycles. The van der Waals surface area contributed by atoms with E-state index in [0.717, 1.165) is 35.7 Å². The molecule has 3 heteroatoms. The standard InChI is InChI=1S/C18H23ClFN/c19-16-9-15(20)2-1-12(16)8-17(21)18-13-4-10-3-11(6-13)7-14(18)5-10/h1-2,9-11,13-14,17-18H,3-8,21H2. The Labute approximate surface area is 131 Å². The van der Waals surface area contributed by atoms with Gasteiger partial charge in [-0.1, -0.05) is 17.7 Å². The molecule has 1 unspecified atom stereocenters. The van der Waals surface area contributed by atoms with E-state index in [-0.39, 0.29) is 11.9 Å². The second-order valence-corrected chi connectivity index (χ2v) is 8.02. The maximum Gasteiger partial charge on any atom is 0.124 e. The largest absolute Gasteiger partial charge is 0.327 e. The number of halogens is 2. The van der Waals surface area contributed by atoms with Crippen LogP contribution in [0, 0.1) is 35.4 Å². The van der Waals surface area contributed by atoms with Gasteiger partial charge in [0.15, 0.2) is 0 Å². The van der Waals surface area contributed by atoms with Crippen LogP contribution in [-0.4, -0.2) is 6.04 Å². The van der Waals surface area contributed by atoms with Crippen molar-refractivity contribution in [2.24, 2.45) is 35.3 Å². The van der Waals surface area contributed by atoms with Crippen LogP contribution >= 0.6 is 11.6 Å². The molecule has 0 amide bonds. The normalized spacial score (nSPS) is 38.7. The van der Waals surface area contributed by atoms with Crippen LogP contribution in [0.2, 0.25) is 5.02 Å². The van der Waals surface area contributed by atoms with Gasteiger partial charge in [0, 0.05) is 11.1 Å². The second-order valence-electron chi connectivity index (χ2n) is 7.61. The van der Waals surface area contributed by atoms with E-state index in [4.69, 9.17) is 17.3 Å². The first-order valence-electron chi connectivity index (χ1n) is 8.29. The Morgan fingerprint density at radius 2 is 1.71 bits per heavy atom. The van der Waals surface area contributed by atoms with Crippen molar-refractivity contribution >= 4 is 11.6 Å². The summed E-state index contributed by atoms with van der Waals surface area (Å²) in [5.74, 6) is 3.99. The van der Waals surface area contributed by atoms with E-state index in [1.807, 2.05) is 0 Å². The Kier molecular flexibility index (Phi) is 3.50. The monoisotopic (exact) mass is 307 g/mol. The zero-order chi connectivity index (χ0) is 14.6. The minimum Gasteiger partial charge on any atom is -0.327 e. The fourth-order valence-electron chi connectivity index (χ4n) is 5.74. The van der Waals surface area contributed by atoms with Gasteiger partial charge in [0.2, 0.25) is 0 Å². The molecule has 0 aliphatic heterocycles. The van der Waals surface area contributed by atoms with Crippen molar-refractivity contribution in [1.29, 1.82) is 0 Å². The minimum absolute atomic E-state index is 0.169. The molecule has 0 saturated heterocycles. The molecule has 4 saturated carbocycles. The van der Waals surface area contributed by atoms with Gasteiger partial charge in [-0.2, -0.15) is 0 Å². The van der Waals surface area contributed by atoms with Crippen LogP contribution in [0.1, 0.15) is 37.7 Å². The summed E-state index contributed by atoms with van der Waals surface area (Å²) in [5.41, 5.74) is 7.58. The highest BCUT2D eigenvalue weighted by Crippen LogP contribution is 2.57. The molecule has 21 heavy (non-hydrogen) atoms. The molecule has 114 valence electrons. The number of nitrogens with two attached hydrogens (primary N) is 1. The third-order valence-electron chi connectivity index (χ3n) is 6.26. The molecule has 0 aromatic heterocycles. The summed E-state index contributed by atoms with van der Waals surface area (Å²) in [6.45, 7) is 0. The summed E-state index contributed by atoms with van der Waals surface area (Å²) >= 11 is 6.17. The van der Waals surface area contributed by atoms with E-state index in [9.17, 15) is 4.39 Å².